The molecular formula is C19H15N5O4. The number of oxazole rings is 1. The summed E-state index contributed by atoms with van der Waals surface area (Å²) in [5, 5.41) is 17.5. The molecule has 0 fully saturated rings. The van der Waals surface area contributed by atoms with Gasteiger partial charge >= 0.3 is 5.97 Å². The van der Waals surface area contributed by atoms with Crippen LogP contribution in [-0.2, 0) is 13.5 Å². The highest BCUT2D eigenvalue weighted by Crippen LogP contribution is 2.21. The molecule has 1 aromatic carbocycles. The van der Waals surface area contributed by atoms with Gasteiger partial charge in [-0.1, -0.05) is 12.1 Å². The largest absolute Gasteiger partial charge is 0.476 e. The van der Waals surface area contributed by atoms with Crippen LogP contribution in [0, 0.1) is 0 Å². The highest BCUT2D eigenvalue weighted by Gasteiger charge is 2.13. The third-order valence-electron chi connectivity index (χ3n) is 4.10. The number of nitrogens with zero attached hydrogens (tertiary/aromatic N) is 5. The molecule has 0 unspecified atom stereocenters. The monoisotopic (exact) mass is 377 g/mol. The lowest BCUT2D eigenvalue weighted by atomic mass is 10.1. The second-order valence-corrected chi connectivity index (χ2v) is 6.16. The second-order valence-electron chi connectivity index (χ2n) is 6.16. The smallest absolute Gasteiger partial charge is 0.357 e. The van der Waals surface area contributed by atoms with Crippen LogP contribution >= 0.6 is 0 Å². The summed E-state index contributed by atoms with van der Waals surface area (Å²) >= 11 is 0. The van der Waals surface area contributed by atoms with E-state index < -0.39 is 5.97 Å². The molecule has 4 rings (SSSR count). The Morgan fingerprint density at radius 3 is 2.86 bits per heavy atom. The third-order valence-corrected chi connectivity index (χ3v) is 4.10. The molecule has 4 aromatic rings. The van der Waals surface area contributed by atoms with Gasteiger partial charge in [-0.05, 0) is 17.7 Å². The van der Waals surface area contributed by atoms with E-state index in [-0.39, 0.29) is 17.0 Å². The zero-order chi connectivity index (χ0) is 19.7. The topological polar surface area (TPSA) is 116 Å². The van der Waals surface area contributed by atoms with Gasteiger partial charge in [-0.2, -0.15) is 10.2 Å². The van der Waals surface area contributed by atoms with E-state index in [1.807, 2.05) is 6.07 Å². The summed E-state index contributed by atoms with van der Waals surface area (Å²) in [6, 6.07) is 8.66. The lowest BCUT2D eigenvalue weighted by Crippen LogP contribution is -2.16. The number of rotatable bonds is 5. The average molecular weight is 377 g/mol. The van der Waals surface area contributed by atoms with E-state index in [9.17, 15) is 9.59 Å². The maximum atomic E-state index is 12.3. The molecule has 0 amide bonds. The molecule has 9 heteroatoms. The van der Waals surface area contributed by atoms with Gasteiger partial charge in [0, 0.05) is 31.3 Å². The average Bonchev–Trinajstić information content (AvgIpc) is 3.33. The van der Waals surface area contributed by atoms with Crippen LogP contribution < -0.4 is 5.43 Å². The maximum Gasteiger partial charge on any atom is 0.357 e. The summed E-state index contributed by atoms with van der Waals surface area (Å²) in [7, 11) is 1.80. The van der Waals surface area contributed by atoms with Crippen LogP contribution in [0.1, 0.15) is 21.7 Å². The Bertz CT molecular complexity index is 1220. The molecule has 140 valence electrons. The number of aryl methyl sites for hydroxylation is 1. The highest BCUT2D eigenvalue weighted by atomic mass is 16.4. The van der Waals surface area contributed by atoms with Crippen molar-refractivity contribution in [1.29, 1.82) is 0 Å². The Kier molecular flexibility index (Phi) is 4.32. The van der Waals surface area contributed by atoms with Crippen molar-refractivity contribution < 1.29 is 14.3 Å². The van der Waals surface area contributed by atoms with Gasteiger partial charge in [0.15, 0.2) is 5.69 Å². The van der Waals surface area contributed by atoms with E-state index in [1.165, 1.54) is 6.07 Å². The summed E-state index contributed by atoms with van der Waals surface area (Å²) in [5.74, 6) is -0.955. The summed E-state index contributed by atoms with van der Waals surface area (Å²) in [6.07, 6.45) is 6.45. The zero-order valence-electron chi connectivity index (χ0n) is 14.8. The molecular weight excluding hydrogens is 362 g/mol. The van der Waals surface area contributed by atoms with Crippen molar-refractivity contribution in [3.05, 3.63) is 82.4 Å². The Balaban J connectivity index is 1.64. The summed E-state index contributed by atoms with van der Waals surface area (Å²) in [5.41, 5.74) is 2.23. The van der Waals surface area contributed by atoms with Crippen molar-refractivity contribution in [3.63, 3.8) is 0 Å². The minimum atomic E-state index is -1.16. The first-order valence-corrected chi connectivity index (χ1v) is 8.35. The van der Waals surface area contributed by atoms with E-state index in [0.29, 0.717) is 17.7 Å². The van der Waals surface area contributed by atoms with Crippen LogP contribution in [-0.4, -0.2) is 35.6 Å². The number of hydrogen-bond acceptors (Lipinski definition) is 6. The van der Waals surface area contributed by atoms with Crippen molar-refractivity contribution in [3.8, 4) is 17.1 Å². The first kappa shape index (κ1) is 17.4. The van der Waals surface area contributed by atoms with Crippen LogP contribution in [0.25, 0.3) is 17.1 Å². The van der Waals surface area contributed by atoms with Crippen molar-refractivity contribution >= 4 is 5.97 Å². The van der Waals surface area contributed by atoms with E-state index >= 15 is 0 Å². The van der Waals surface area contributed by atoms with E-state index in [0.717, 1.165) is 17.5 Å². The summed E-state index contributed by atoms with van der Waals surface area (Å²) in [4.78, 5) is 27.2. The van der Waals surface area contributed by atoms with E-state index in [1.54, 1.807) is 53.2 Å². The molecule has 0 aliphatic rings. The molecule has 0 aliphatic heterocycles. The van der Waals surface area contributed by atoms with Crippen LogP contribution in [0.15, 0.2) is 64.4 Å². The van der Waals surface area contributed by atoms with Gasteiger partial charge in [0.05, 0.1) is 12.4 Å². The fraction of sp³-hybridized carbons (Fsp3) is 0.105. The van der Waals surface area contributed by atoms with Gasteiger partial charge in [0.2, 0.25) is 11.3 Å². The predicted octanol–water partition coefficient (Wildman–Crippen LogP) is 1.91. The van der Waals surface area contributed by atoms with Gasteiger partial charge < -0.3 is 9.52 Å². The molecule has 0 atom stereocenters. The standard InChI is InChI=1S/C19H15N5O4/c1-23-10-14(9-20-23)24-6-5-17(25)15(22-24)8-12-3-2-4-13(7-12)18-21-16(11-28-18)19(26)27/h2-7,9-11H,8H2,1H3,(H,26,27). The maximum absolute atomic E-state index is 12.3. The van der Waals surface area contributed by atoms with Gasteiger partial charge in [-0.15, -0.1) is 0 Å². The minimum absolute atomic E-state index is 0.163. The van der Waals surface area contributed by atoms with Crippen molar-refractivity contribution in [2.75, 3.05) is 0 Å². The number of carboxylic acid groups (broad SMARTS) is 1. The van der Waals surface area contributed by atoms with Gasteiger partial charge in [0.1, 0.15) is 17.6 Å². The van der Waals surface area contributed by atoms with Gasteiger partial charge in [-0.3, -0.25) is 9.48 Å². The summed E-state index contributed by atoms with van der Waals surface area (Å²) < 4.78 is 8.49. The van der Waals surface area contributed by atoms with Crippen LogP contribution in [0.2, 0.25) is 0 Å². The van der Waals surface area contributed by atoms with E-state index in [2.05, 4.69) is 15.2 Å². The number of aromatic nitrogens is 5. The van der Waals surface area contributed by atoms with Crippen LogP contribution in [0.3, 0.4) is 0 Å². The van der Waals surface area contributed by atoms with Gasteiger partial charge in [0.25, 0.3) is 0 Å². The third kappa shape index (κ3) is 3.45. The van der Waals surface area contributed by atoms with Crippen molar-refractivity contribution in [1.82, 2.24) is 24.5 Å². The van der Waals surface area contributed by atoms with Gasteiger partial charge in [-0.25, -0.2) is 14.5 Å². The number of carbonyl (C=O) groups is 1. The number of aromatic carboxylic acids is 1. The molecule has 3 aromatic heterocycles. The second kappa shape index (κ2) is 6.95. The molecule has 0 radical (unpaired) electrons. The molecule has 0 spiro atoms. The Hall–Kier alpha value is -4.01. The number of benzene rings is 1. The molecule has 0 saturated heterocycles. The zero-order valence-corrected chi connectivity index (χ0v) is 14.8. The lowest BCUT2D eigenvalue weighted by Gasteiger charge is -2.06. The molecule has 9 nitrogen and oxygen atoms in total. The highest BCUT2D eigenvalue weighted by molar-refractivity contribution is 5.85. The summed E-state index contributed by atoms with van der Waals surface area (Å²) in [6.45, 7) is 0. The molecule has 3 heterocycles. The van der Waals surface area contributed by atoms with Crippen molar-refractivity contribution in [2.45, 2.75) is 6.42 Å². The van der Waals surface area contributed by atoms with Crippen molar-refractivity contribution in [2.24, 2.45) is 7.05 Å². The molecule has 0 saturated carbocycles. The first-order chi connectivity index (χ1) is 13.5. The SMILES string of the molecule is Cn1cc(-n2ccc(=O)c(Cc3cccc(-c4nc(C(=O)O)co4)c3)n2)cn1. The van der Waals surface area contributed by atoms with E-state index in [4.69, 9.17) is 9.52 Å². The first-order valence-electron chi connectivity index (χ1n) is 8.35. The van der Waals surface area contributed by atoms with Crippen LogP contribution in [0.5, 0.6) is 0 Å². The Labute approximate surface area is 158 Å². The number of carboxylic acids is 1. The fourth-order valence-corrected chi connectivity index (χ4v) is 2.75. The Morgan fingerprint density at radius 2 is 2.14 bits per heavy atom. The number of hydrogen-bond donors (Lipinski definition) is 1. The Morgan fingerprint density at radius 1 is 1.29 bits per heavy atom. The normalized spacial score (nSPS) is 10.9. The molecule has 0 aliphatic carbocycles. The molecule has 1 N–H and O–H groups in total. The fourth-order valence-electron chi connectivity index (χ4n) is 2.75. The van der Waals surface area contributed by atoms with Crippen LogP contribution in [0.4, 0.5) is 0 Å². The minimum Gasteiger partial charge on any atom is -0.476 e. The molecule has 0 bridgehead atoms. The predicted molar refractivity (Wildman–Crippen MR) is 98.3 cm³/mol. The lowest BCUT2D eigenvalue weighted by molar-refractivity contribution is 0.0690. The quantitative estimate of drug-likeness (QED) is 0.565. The molecule has 28 heavy (non-hydrogen) atoms.